The van der Waals surface area contributed by atoms with Gasteiger partial charge in [0.25, 0.3) is 5.91 Å². The highest BCUT2D eigenvalue weighted by atomic mass is 16.5. The van der Waals surface area contributed by atoms with Gasteiger partial charge in [0.1, 0.15) is 11.7 Å². The van der Waals surface area contributed by atoms with Crippen molar-refractivity contribution in [1.29, 1.82) is 0 Å². The number of fused-ring (bicyclic) bond motifs is 1. The molecule has 1 saturated heterocycles. The molecule has 2 aliphatic rings. The molecule has 1 aromatic rings. The summed E-state index contributed by atoms with van der Waals surface area (Å²) >= 11 is 0. The molecular weight excluding hydrogens is 366 g/mol. The van der Waals surface area contributed by atoms with Crippen LogP contribution >= 0.6 is 0 Å². The number of hydrogen-bond donors (Lipinski definition) is 0. The van der Waals surface area contributed by atoms with Gasteiger partial charge in [-0.1, -0.05) is 0 Å². The highest BCUT2D eigenvalue weighted by molar-refractivity contribution is 6.47. The average molecular weight is 387 g/mol. The molecule has 1 fully saturated rings. The van der Waals surface area contributed by atoms with Gasteiger partial charge in [-0.15, -0.1) is 0 Å². The van der Waals surface area contributed by atoms with E-state index in [0.717, 1.165) is 9.91 Å². The molecule has 0 spiro atoms. The maximum atomic E-state index is 13.2. The van der Waals surface area contributed by atoms with Gasteiger partial charge in [-0.05, 0) is 45.0 Å². The zero-order valence-electron chi connectivity index (χ0n) is 16.1. The van der Waals surface area contributed by atoms with Crippen LogP contribution in [0.1, 0.15) is 27.7 Å². The van der Waals surface area contributed by atoms with Gasteiger partial charge in [-0.25, -0.2) is 14.7 Å². The van der Waals surface area contributed by atoms with Crippen molar-refractivity contribution in [3.05, 3.63) is 24.3 Å². The third-order valence-corrected chi connectivity index (χ3v) is 4.78. The van der Waals surface area contributed by atoms with Gasteiger partial charge in [0.15, 0.2) is 11.3 Å². The summed E-state index contributed by atoms with van der Waals surface area (Å²) in [6.45, 7) is 6.67. The minimum absolute atomic E-state index is 0.0755. The fraction of sp³-hybridized carbons (Fsp3) is 0.421. The molecule has 9 heteroatoms. The van der Waals surface area contributed by atoms with Crippen LogP contribution < -0.4 is 9.64 Å². The number of hydrogen-bond acceptors (Lipinski definition) is 7. The van der Waals surface area contributed by atoms with E-state index in [0.29, 0.717) is 18.0 Å². The van der Waals surface area contributed by atoms with Crippen LogP contribution in [-0.2, 0) is 23.9 Å². The Labute approximate surface area is 161 Å². The van der Waals surface area contributed by atoms with Crippen LogP contribution in [0.25, 0.3) is 0 Å². The number of nitrogens with zero attached hydrogens (tertiary/aromatic N) is 3. The number of rotatable bonds is 5. The highest BCUT2D eigenvalue weighted by Crippen LogP contribution is 2.43. The fourth-order valence-corrected chi connectivity index (χ4v) is 3.55. The van der Waals surface area contributed by atoms with Gasteiger partial charge < -0.3 is 9.47 Å². The Balaban J connectivity index is 2.04. The second-order valence-electron chi connectivity index (χ2n) is 6.52. The average Bonchev–Trinajstić information content (AvgIpc) is 3.07. The summed E-state index contributed by atoms with van der Waals surface area (Å²) in [5.74, 6) is -3.28. The number of amides is 3. The minimum atomic E-state index is -1.62. The second-order valence-corrected chi connectivity index (χ2v) is 6.52. The van der Waals surface area contributed by atoms with E-state index in [9.17, 15) is 19.2 Å². The predicted molar refractivity (Wildman–Crippen MR) is 98.6 cm³/mol. The zero-order valence-corrected chi connectivity index (χ0v) is 16.1. The van der Waals surface area contributed by atoms with Gasteiger partial charge in [-0.3, -0.25) is 14.4 Å². The Morgan fingerprint density at radius 3 is 2.32 bits per heavy atom. The molecule has 0 aromatic heterocycles. The molecule has 3 amide bonds. The van der Waals surface area contributed by atoms with Crippen LogP contribution in [-0.4, -0.2) is 53.2 Å². The number of carbonyl (C=O) groups excluding carboxylic acids is 4. The molecule has 0 N–H and O–H groups in total. The molecule has 9 nitrogen and oxygen atoms in total. The van der Waals surface area contributed by atoms with Crippen molar-refractivity contribution in [2.45, 2.75) is 33.2 Å². The van der Waals surface area contributed by atoms with Gasteiger partial charge >= 0.3 is 5.97 Å². The molecule has 1 aromatic carbocycles. The standard InChI is InChI=1S/C19H21N3O6/c1-5-27-13-9-7-12(8-10-13)21-16(24)14-15(17(25)28-6-2)20-22(11(3)23)19(14,4)18(21)26/h7-10,14H,5-6H2,1-4H3. The molecule has 0 bridgehead atoms. The van der Waals surface area contributed by atoms with Crippen molar-refractivity contribution < 1.29 is 28.7 Å². The first-order chi connectivity index (χ1) is 13.3. The van der Waals surface area contributed by atoms with E-state index in [1.54, 1.807) is 31.2 Å². The Hall–Kier alpha value is -3.23. The van der Waals surface area contributed by atoms with Crippen LogP contribution in [0.15, 0.2) is 29.4 Å². The van der Waals surface area contributed by atoms with Crippen molar-refractivity contribution in [2.75, 3.05) is 18.1 Å². The van der Waals surface area contributed by atoms with Crippen molar-refractivity contribution in [2.24, 2.45) is 11.0 Å². The van der Waals surface area contributed by atoms with Crippen LogP contribution in [0.2, 0.25) is 0 Å². The van der Waals surface area contributed by atoms with Crippen molar-refractivity contribution >= 4 is 35.1 Å². The van der Waals surface area contributed by atoms with E-state index < -0.39 is 35.1 Å². The largest absolute Gasteiger partial charge is 0.494 e. The first-order valence-electron chi connectivity index (χ1n) is 8.95. The van der Waals surface area contributed by atoms with E-state index in [1.165, 1.54) is 13.8 Å². The SMILES string of the molecule is CCOC(=O)C1=NN(C(C)=O)C2(C)C(=O)N(c3ccc(OCC)cc3)C(=O)C12. The Morgan fingerprint density at radius 2 is 1.79 bits per heavy atom. The van der Waals surface area contributed by atoms with Crippen LogP contribution in [0.5, 0.6) is 5.75 Å². The maximum absolute atomic E-state index is 13.2. The predicted octanol–water partition coefficient (Wildman–Crippen LogP) is 1.11. The number of anilines is 1. The van der Waals surface area contributed by atoms with Crippen molar-refractivity contribution in [1.82, 2.24) is 5.01 Å². The molecule has 2 atom stereocenters. The van der Waals surface area contributed by atoms with Crippen molar-refractivity contribution in [3.63, 3.8) is 0 Å². The Bertz CT molecular complexity index is 878. The summed E-state index contributed by atoms with van der Waals surface area (Å²) in [5, 5.41) is 4.87. The number of esters is 1. The smallest absolute Gasteiger partial charge is 0.355 e. The van der Waals surface area contributed by atoms with Gasteiger partial charge in [0, 0.05) is 6.92 Å². The molecule has 2 unspecified atom stereocenters. The number of carbonyl (C=O) groups is 4. The van der Waals surface area contributed by atoms with Gasteiger partial charge in [-0.2, -0.15) is 5.10 Å². The number of imide groups is 1. The quantitative estimate of drug-likeness (QED) is 0.554. The summed E-state index contributed by atoms with van der Waals surface area (Å²) in [6, 6.07) is 6.42. The number of ether oxygens (including phenoxy) is 2. The Morgan fingerprint density at radius 1 is 1.14 bits per heavy atom. The summed E-state index contributed by atoms with van der Waals surface area (Å²) < 4.78 is 10.3. The summed E-state index contributed by atoms with van der Waals surface area (Å²) in [4.78, 5) is 51.8. The lowest BCUT2D eigenvalue weighted by atomic mass is 9.85. The van der Waals surface area contributed by atoms with E-state index in [-0.39, 0.29) is 12.3 Å². The topological polar surface area (TPSA) is 106 Å². The molecule has 0 saturated carbocycles. The first kappa shape index (κ1) is 19.5. The lowest BCUT2D eigenvalue weighted by Crippen LogP contribution is -2.52. The molecule has 0 aliphatic carbocycles. The third-order valence-electron chi connectivity index (χ3n) is 4.78. The first-order valence-corrected chi connectivity index (χ1v) is 8.95. The summed E-state index contributed by atoms with van der Waals surface area (Å²) in [6.07, 6.45) is 0. The molecule has 28 heavy (non-hydrogen) atoms. The van der Waals surface area contributed by atoms with Crippen molar-refractivity contribution in [3.8, 4) is 5.75 Å². The minimum Gasteiger partial charge on any atom is -0.494 e. The number of hydrazone groups is 1. The molecule has 3 rings (SSSR count). The summed E-state index contributed by atoms with van der Waals surface area (Å²) in [5.41, 5.74) is -1.55. The van der Waals surface area contributed by atoms with E-state index in [1.807, 2.05) is 6.92 Å². The van der Waals surface area contributed by atoms with Gasteiger partial charge in [0.2, 0.25) is 11.8 Å². The lowest BCUT2D eigenvalue weighted by Gasteiger charge is -2.28. The molecule has 2 aliphatic heterocycles. The normalized spacial score (nSPS) is 23.6. The molecule has 0 radical (unpaired) electrons. The molecule has 2 heterocycles. The monoisotopic (exact) mass is 387 g/mol. The zero-order chi connectivity index (χ0) is 20.6. The lowest BCUT2D eigenvalue weighted by molar-refractivity contribution is -0.142. The third kappa shape index (κ3) is 2.74. The Kier molecular flexibility index (Phi) is 4.93. The second kappa shape index (κ2) is 7.06. The fourth-order valence-electron chi connectivity index (χ4n) is 3.55. The van der Waals surface area contributed by atoms with Crippen LogP contribution in [0.3, 0.4) is 0 Å². The van der Waals surface area contributed by atoms with Crippen LogP contribution in [0, 0.1) is 5.92 Å². The van der Waals surface area contributed by atoms with E-state index in [4.69, 9.17) is 9.47 Å². The highest BCUT2D eigenvalue weighted by Gasteiger charge is 2.67. The van der Waals surface area contributed by atoms with E-state index in [2.05, 4.69) is 5.10 Å². The van der Waals surface area contributed by atoms with E-state index >= 15 is 0 Å². The number of benzene rings is 1. The molecule has 148 valence electrons. The molecular formula is C19H21N3O6. The summed E-state index contributed by atoms with van der Waals surface area (Å²) in [7, 11) is 0. The van der Waals surface area contributed by atoms with Crippen LogP contribution in [0.4, 0.5) is 5.69 Å². The van der Waals surface area contributed by atoms with Gasteiger partial charge in [0.05, 0.1) is 18.9 Å². The maximum Gasteiger partial charge on any atom is 0.355 e.